The van der Waals surface area contributed by atoms with Crippen LogP contribution in [0.3, 0.4) is 0 Å². The fraction of sp³-hybridized carbons (Fsp3) is 1.00. The lowest BCUT2D eigenvalue weighted by atomic mass is 10.1. The van der Waals surface area contributed by atoms with Crippen molar-refractivity contribution in [1.29, 1.82) is 0 Å². The summed E-state index contributed by atoms with van der Waals surface area (Å²) in [4.78, 5) is 2.66. The van der Waals surface area contributed by atoms with Crippen LogP contribution >= 0.6 is 0 Å². The molecule has 1 fully saturated rings. The second-order valence-electron chi connectivity index (χ2n) is 4.62. The number of nitrogens with one attached hydrogen (secondary N) is 1. The Kier molecular flexibility index (Phi) is 5.49. The quantitative estimate of drug-likeness (QED) is 0.659. The van der Waals surface area contributed by atoms with E-state index in [1.54, 1.807) is 0 Å². The maximum absolute atomic E-state index is 3.48. The van der Waals surface area contributed by atoms with Gasteiger partial charge in [0.1, 0.15) is 0 Å². The van der Waals surface area contributed by atoms with Gasteiger partial charge in [0.05, 0.1) is 0 Å². The van der Waals surface area contributed by atoms with E-state index in [0.717, 1.165) is 12.1 Å². The smallest absolute Gasteiger partial charge is 0.00818 e. The summed E-state index contributed by atoms with van der Waals surface area (Å²) in [7, 11) is 0. The van der Waals surface area contributed by atoms with E-state index in [9.17, 15) is 0 Å². The number of likely N-dealkylation sites (tertiary alicyclic amines) is 1. The fourth-order valence-electron chi connectivity index (χ4n) is 2.39. The van der Waals surface area contributed by atoms with Gasteiger partial charge in [-0.15, -0.1) is 0 Å². The molecule has 0 amide bonds. The highest BCUT2D eigenvalue weighted by Gasteiger charge is 2.24. The molecule has 1 heterocycles. The zero-order chi connectivity index (χ0) is 10.4. The van der Waals surface area contributed by atoms with Gasteiger partial charge in [0.25, 0.3) is 0 Å². The van der Waals surface area contributed by atoms with Gasteiger partial charge in [-0.1, -0.05) is 6.92 Å². The molecule has 0 aromatic carbocycles. The van der Waals surface area contributed by atoms with Crippen molar-refractivity contribution in [3.63, 3.8) is 0 Å². The van der Waals surface area contributed by atoms with Crippen LogP contribution in [0.1, 0.15) is 46.5 Å². The van der Waals surface area contributed by atoms with Crippen LogP contribution in [0.25, 0.3) is 0 Å². The average Bonchev–Trinajstić information content (AvgIpc) is 2.59. The average molecular weight is 198 g/mol. The van der Waals surface area contributed by atoms with Crippen LogP contribution in [0.2, 0.25) is 0 Å². The summed E-state index contributed by atoms with van der Waals surface area (Å²) in [6, 6.07) is 1.58. The zero-order valence-corrected chi connectivity index (χ0v) is 10.1. The van der Waals surface area contributed by atoms with Gasteiger partial charge in [-0.3, -0.25) is 4.90 Å². The molecule has 0 bridgehead atoms. The van der Waals surface area contributed by atoms with E-state index in [-0.39, 0.29) is 0 Å². The Hall–Kier alpha value is -0.0800. The molecule has 0 aliphatic carbocycles. The van der Waals surface area contributed by atoms with E-state index in [1.165, 1.54) is 45.3 Å². The first-order valence-corrected chi connectivity index (χ1v) is 6.22. The first-order chi connectivity index (χ1) is 6.75. The Morgan fingerprint density at radius 3 is 2.79 bits per heavy atom. The lowest BCUT2D eigenvalue weighted by Crippen LogP contribution is -2.37. The van der Waals surface area contributed by atoms with Gasteiger partial charge in [-0.2, -0.15) is 0 Å². The number of rotatable bonds is 6. The maximum atomic E-state index is 3.48. The van der Waals surface area contributed by atoms with Gasteiger partial charge in [0.2, 0.25) is 0 Å². The van der Waals surface area contributed by atoms with Crippen molar-refractivity contribution in [3.05, 3.63) is 0 Å². The Bertz CT molecular complexity index is 147. The minimum atomic E-state index is 0.761. The molecule has 0 radical (unpaired) electrons. The third kappa shape index (κ3) is 3.58. The van der Waals surface area contributed by atoms with Crippen molar-refractivity contribution >= 4 is 0 Å². The second-order valence-corrected chi connectivity index (χ2v) is 4.62. The van der Waals surface area contributed by atoms with Crippen molar-refractivity contribution in [1.82, 2.24) is 10.2 Å². The van der Waals surface area contributed by atoms with Gasteiger partial charge in [0, 0.05) is 12.1 Å². The van der Waals surface area contributed by atoms with Crippen molar-refractivity contribution in [2.45, 2.75) is 58.5 Å². The Morgan fingerprint density at radius 2 is 2.21 bits per heavy atom. The molecule has 1 rings (SSSR count). The summed E-state index contributed by atoms with van der Waals surface area (Å²) in [5.74, 6) is 0. The molecule has 2 atom stereocenters. The van der Waals surface area contributed by atoms with E-state index in [2.05, 4.69) is 31.0 Å². The van der Waals surface area contributed by atoms with Gasteiger partial charge in [-0.05, 0) is 59.2 Å². The van der Waals surface area contributed by atoms with Crippen LogP contribution in [0.4, 0.5) is 0 Å². The summed E-state index contributed by atoms with van der Waals surface area (Å²) >= 11 is 0. The monoisotopic (exact) mass is 198 g/mol. The summed E-state index contributed by atoms with van der Waals surface area (Å²) in [5, 5.41) is 3.48. The fourth-order valence-corrected chi connectivity index (χ4v) is 2.39. The molecule has 14 heavy (non-hydrogen) atoms. The van der Waals surface area contributed by atoms with E-state index < -0.39 is 0 Å². The molecule has 1 saturated heterocycles. The standard InChI is InChI=1S/C12H26N2/c1-4-8-13-9-7-12(3)14-10-5-6-11(14)2/h11-13H,4-10H2,1-3H3. The number of hydrogen-bond acceptors (Lipinski definition) is 2. The molecule has 1 aliphatic heterocycles. The van der Waals surface area contributed by atoms with Crippen LogP contribution < -0.4 is 5.32 Å². The molecule has 1 aliphatic rings. The molecule has 84 valence electrons. The first kappa shape index (κ1) is 12.0. The molecular weight excluding hydrogens is 172 g/mol. The molecule has 2 nitrogen and oxygen atoms in total. The molecule has 2 unspecified atom stereocenters. The van der Waals surface area contributed by atoms with Gasteiger partial charge < -0.3 is 5.32 Å². The minimum Gasteiger partial charge on any atom is -0.317 e. The van der Waals surface area contributed by atoms with Crippen molar-refractivity contribution in [3.8, 4) is 0 Å². The molecule has 0 spiro atoms. The predicted octanol–water partition coefficient (Wildman–Crippen LogP) is 2.25. The van der Waals surface area contributed by atoms with Crippen molar-refractivity contribution < 1.29 is 0 Å². The largest absolute Gasteiger partial charge is 0.317 e. The van der Waals surface area contributed by atoms with Gasteiger partial charge in [-0.25, -0.2) is 0 Å². The molecule has 0 aromatic heterocycles. The minimum absolute atomic E-state index is 0.761. The highest BCUT2D eigenvalue weighted by molar-refractivity contribution is 4.80. The van der Waals surface area contributed by atoms with Crippen LogP contribution in [-0.2, 0) is 0 Å². The topological polar surface area (TPSA) is 15.3 Å². The predicted molar refractivity (Wildman–Crippen MR) is 62.6 cm³/mol. The van der Waals surface area contributed by atoms with E-state index >= 15 is 0 Å². The molecule has 0 saturated carbocycles. The number of nitrogens with zero attached hydrogens (tertiary/aromatic N) is 1. The highest BCUT2D eigenvalue weighted by atomic mass is 15.2. The lowest BCUT2D eigenvalue weighted by Gasteiger charge is -2.28. The summed E-state index contributed by atoms with van der Waals surface area (Å²) < 4.78 is 0. The molecule has 2 heteroatoms. The number of hydrogen-bond donors (Lipinski definition) is 1. The van der Waals surface area contributed by atoms with Crippen LogP contribution in [0, 0.1) is 0 Å². The second kappa shape index (κ2) is 6.41. The Morgan fingerprint density at radius 1 is 1.43 bits per heavy atom. The summed E-state index contributed by atoms with van der Waals surface area (Å²) in [5.41, 5.74) is 0. The lowest BCUT2D eigenvalue weighted by molar-refractivity contribution is 0.193. The van der Waals surface area contributed by atoms with Crippen molar-refractivity contribution in [2.75, 3.05) is 19.6 Å². The summed E-state index contributed by atoms with van der Waals surface area (Å²) in [6.45, 7) is 10.6. The zero-order valence-electron chi connectivity index (χ0n) is 10.1. The Balaban J connectivity index is 2.11. The maximum Gasteiger partial charge on any atom is 0.00818 e. The van der Waals surface area contributed by atoms with Crippen molar-refractivity contribution in [2.24, 2.45) is 0 Å². The van der Waals surface area contributed by atoms with Crippen LogP contribution in [0.5, 0.6) is 0 Å². The van der Waals surface area contributed by atoms with E-state index in [4.69, 9.17) is 0 Å². The Labute approximate surface area is 89.1 Å². The third-order valence-corrected chi connectivity index (χ3v) is 3.34. The summed E-state index contributed by atoms with van der Waals surface area (Å²) in [6.07, 6.45) is 5.33. The van der Waals surface area contributed by atoms with Crippen LogP contribution in [-0.4, -0.2) is 36.6 Å². The molecule has 1 N–H and O–H groups in total. The third-order valence-electron chi connectivity index (χ3n) is 3.34. The SMILES string of the molecule is CCCNCCC(C)N1CCCC1C. The molecular formula is C12H26N2. The van der Waals surface area contributed by atoms with Crippen LogP contribution in [0.15, 0.2) is 0 Å². The highest BCUT2D eigenvalue weighted by Crippen LogP contribution is 2.20. The van der Waals surface area contributed by atoms with E-state index in [0.29, 0.717) is 0 Å². The first-order valence-electron chi connectivity index (χ1n) is 6.22. The van der Waals surface area contributed by atoms with E-state index in [1.807, 2.05) is 0 Å². The normalized spacial score (nSPS) is 25.5. The van der Waals surface area contributed by atoms with Gasteiger partial charge in [0.15, 0.2) is 0 Å². The van der Waals surface area contributed by atoms with Gasteiger partial charge >= 0.3 is 0 Å². The molecule has 0 aromatic rings.